The van der Waals surface area contributed by atoms with Gasteiger partial charge in [0.15, 0.2) is 6.61 Å². The van der Waals surface area contributed by atoms with Crippen molar-refractivity contribution in [2.24, 2.45) is 5.10 Å². The molecule has 0 aliphatic carbocycles. The molecular weight excluding hydrogens is 480 g/mol. The van der Waals surface area contributed by atoms with Crippen molar-refractivity contribution in [3.05, 3.63) is 82.7 Å². The molecule has 9 nitrogen and oxygen atoms in total. The fourth-order valence-electron chi connectivity index (χ4n) is 2.46. The summed E-state index contributed by atoms with van der Waals surface area (Å²) in [6.45, 7) is -0.135. The second-order valence-electron chi connectivity index (χ2n) is 6.34. The Bertz CT molecular complexity index is 1100. The van der Waals surface area contributed by atoms with Gasteiger partial charge in [0.2, 0.25) is 0 Å². The summed E-state index contributed by atoms with van der Waals surface area (Å²) in [6, 6.07) is 17.3. The first-order valence-electron chi connectivity index (χ1n) is 9.42. The van der Waals surface area contributed by atoms with E-state index in [0.717, 1.165) is 4.47 Å². The van der Waals surface area contributed by atoms with Crippen LogP contribution in [0.4, 0.5) is 5.69 Å². The number of para-hydroxylation sites is 1. The van der Waals surface area contributed by atoms with Gasteiger partial charge in [0.05, 0.1) is 19.0 Å². The van der Waals surface area contributed by atoms with Crippen molar-refractivity contribution in [3.8, 4) is 5.75 Å². The van der Waals surface area contributed by atoms with Gasteiger partial charge < -0.3 is 19.8 Å². The molecule has 0 fully saturated rings. The third-order valence-electron chi connectivity index (χ3n) is 3.98. The van der Waals surface area contributed by atoms with Crippen LogP contribution in [-0.4, -0.2) is 30.5 Å². The number of ether oxygens (including phenoxy) is 1. The van der Waals surface area contributed by atoms with Gasteiger partial charge in [-0.2, -0.15) is 5.10 Å². The van der Waals surface area contributed by atoms with Crippen LogP contribution < -0.4 is 20.8 Å². The minimum absolute atomic E-state index is 0.0853. The normalized spacial score (nSPS) is 10.5. The number of hydrogen-bond acceptors (Lipinski definition) is 6. The molecule has 1 aromatic heterocycles. The first-order valence-corrected chi connectivity index (χ1v) is 10.2. The number of nitrogens with zero attached hydrogens (tertiary/aromatic N) is 1. The Morgan fingerprint density at radius 1 is 1.00 bits per heavy atom. The van der Waals surface area contributed by atoms with Crippen molar-refractivity contribution < 1.29 is 23.5 Å². The van der Waals surface area contributed by atoms with Crippen LogP contribution >= 0.6 is 15.9 Å². The summed E-state index contributed by atoms with van der Waals surface area (Å²) in [5.74, 6) is -1.21. The molecule has 10 heteroatoms. The number of hydrogen-bond donors (Lipinski definition) is 3. The fourth-order valence-corrected chi connectivity index (χ4v) is 2.73. The van der Waals surface area contributed by atoms with E-state index < -0.39 is 11.8 Å². The zero-order valence-corrected chi connectivity index (χ0v) is 18.3. The number of rotatable bonds is 8. The number of carbonyl (C=O) groups excluding carboxylic acids is 3. The highest BCUT2D eigenvalue weighted by atomic mass is 79.9. The highest BCUT2D eigenvalue weighted by molar-refractivity contribution is 9.10. The first kappa shape index (κ1) is 22.8. The predicted octanol–water partition coefficient (Wildman–Crippen LogP) is 2.83. The second kappa shape index (κ2) is 11.5. The standard InChI is InChI=1S/C22H19BrN4O5/c23-16-7-9-17(10-8-16)26-20(28)14-32-19-6-2-1-4-15(19)12-25-27-22(30)21(29)24-13-18-5-3-11-31-18/h1-12H,13-14H2,(H,24,29)(H,26,28)(H,27,30)/b25-12-. The van der Waals surface area contributed by atoms with Crippen LogP contribution in [0.5, 0.6) is 5.75 Å². The molecule has 0 unspecified atom stereocenters. The Morgan fingerprint density at radius 3 is 2.53 bits per heavy atom. The molecule has 0 bridgehead atoms. The lowest BCUT2D eigenvalue weighted by atomic mass is 10.2. The number of benzene rings is 2. The highest BCUT2D eigenvalue weighted by Gasteiger charge is 2.13. The van der Waals surface area contributed by atoms with Gasteiger partial charge in [-0.1, -0.05) is 28.1 Å². The number of carbonyl (C=O) groups is 3. The van der Waals surface area contributed by atoms with Crippen LogP contribution in [0.25, 0.3) is 0 Å². The van der Waals surface area contributed by atoms with Gasteiger partial charge in [-0.05, 0) is 48.5 Å². The number of furan rings is 1. The van der Waals surface area contributed by atoms with Crippen molar-refractivity contribution in [1.82, 2.24) is 10.7 Å². The molecule has 0 aliphatic rings. The number of anilines is 1. The monoisotopic (exact) mass is 498 g/mol. The van der Waals surface area contributed by atoms with Crippen LogP contribution in [0.15, 0.2) is 80.9 Å². The maximum absolute atomic E-state index is 12.1. The third kappa shape index (κ3) is 7.10. The Balaban J connectivity index is 1.48. The summed E-state index contributed by atoms with van der Waals surface area (Å²) < 4.78 is 11.5. The minimum atomic E-state index is -0.930. The molecule has 1 heterocycles. The predicted molar refractivity (Wildman–Crippen MR) is 121 cm³/mol. The van der Waals surface area contributed by atoms with E-state index in [1.165, 1.54) is 12.5 Å². The van der Waals surface area contributed by atoms with E-state index in [2.05, 4.69) is 37.1 Å². The van der Waals surface area contributed by atoms with Crippen molar-refractivity contribution in [3.63, 3.8) is 0 Å². The SMILES string of the molecule is O=C(COc1ccccc1/C=N\NC(=O)C(=O)NCc1ccco1)Nc1ccc(Br)cc1. The molecule has 3 amide bonds. The van der Waals surface area contributed by atoms with E-state index in [9.17, 15) is 14.4 Å². The third-order valence-corrected chi connectivity index (χ3v) is 4.51. The van der Waals surface area contributed by atoms with Gasteiger partial charge in [-0.25, -0.2) is 5.43 Å². The van der Waals surface area contributed by atoms with Crippen molar-refractivity contribution in [2.45, 2.75) is 6.54 Å². The molecule has 3 rings (SSSR count). The average Bonchev–Trinajstić information content (AvgIpc) is 3.32. The molecule has 164 valence electrons. The summed E-state index contributed by atoms with van der Waals surface area (Å²) in [5, 5.41) is 8.91. The molecule has 0 spiro atoms. The van der Waals surface area contributed by atoms with Gasteiger partial charge in [-0.15, -0.1) is 0 Å². The summed E-state index contributed by atoms with van der Waals surface area (Å²) in [7, 11) is 0. The van der Waals surface area contributed by atoms with E-state index in [4.69, 9.17) is 9.15 Å². The van der Waals surface area contributed by atoms with Crippen LogP contribution in [0.3, 0.4) is 0 Å². The van der Waals surface area contributed by atoms with Gasteiger partial charge >= 0.3 is 11.8 Å². The smallest absolute Gasteiger partial charge is 0.329 e. The maximum Gasteiger partial charge on any atom is 0.329 e. The Kier molecular flexibility index (Phi) is 8.15. The topological polar surface area (TPSA) is 122 Å². The number of halogens is 1. The Hall–Kier alpha value is -3.92. The van der Waals surface area contributed by atoms with Gasteiger partial charge in [0.1, 0.15) is 11.5 Å². The van der Waals surface area contributed by atoms with E-state index >= 15 is 0 Å². The van der Waals surface area contributed by atoms with Crippen molar-refractivity contribution in [2.75, 3.05) is 11.9 Å². The van der Waals surface area contributed by atoms with Gasteiger partial charge in [0.25, 0.3) is 5.91 Å². The molecule has 0 saturated heterocycles. The summed E-state index contributed by atoms with van der Waals surface area (Å²) in [5.41, 5.74) is 3.30. The minimum Gasteiger partial charge on any atom is -0.483 e. The first-order chi connectivity index (χ1) is 15.5. The van der Waals surface area contributed by atoms with E-state index in [1.54, 1.807) is 48.5 Å². The summed E-state index contributed by atoms with van der Waals surface area (Å²) in [6.07, 6.45) is 2.79. The van der Waals surface area contributed by atoms with Crippen LogP contribution in [0.2, 0.25) is 0 Å². The molecule has 3 aromatic rings. The van der Waals surface area contributed by atoms with E-state index in [1.807, 2.05) is 12.1 Å². The summed E-state index contributed by atoms with van der Waals surface area (Å²) >= 11 is 3.33. The van der Waals surface area contributed by atoms with E-state index in [0.29, 0.717) is 22.8 Å². The summed E-state index contributed by atoms with van der Waals surface area (Å²) in [4.78, 5) is 35.7. The fraction of sp³-hybridized carbons (Fsp3) is 0.0909. The van der Waals surface area contributed by atoms with Crippen molar-refractivity contribution >= 4 is 45.6 Å². The molecule has 0 radical (unpaired) electrons. The molecule has 0 aliphatic heterocycles. The molecule has 0 atom stereocenters. The average molecular weight is 499 g/mol. The molecule has 32 heavy (non-hydrogen) atoms. The quantitative estimate of drug-likeness (QED) is 0.250. The van der Waals surface area contributed by atoms with Crippen LogP contribution in [0, 0.1) is 0 Å². The lowest BCUT2D eigenvalue weighted by Crippen LogP contribution is -2.37. The Morgan fingerprint density at radius 2 is 1.78 bits per heavy atom. The number of hydrazone groups is 1. The molecule has 3 N–H and O–H groups in total. The maximum atomic E-state index is 12.1. The lowest BCUT2D eigenvalue weighted by Gasteiger charge is -2.09. The Labute approximate surface area is 192 Å². The van der Waals surface area contributed by atoms with Gasteiger partial charge in [0, 0.05) is 15.7 Å². The van der Waals surface area contributed by atoms with E-state index in [-0.39, 0.29) is 19.1 Å². The van der Waals surface area contributed by atoms with Crippen molar-refractivity contribution in [1.29, 1.82) is 0 Å². The lowest BCUT2D eigenvalue weighted by molar-refractivity contribution is -0.139. The zero-order chi connectivity index (χ0) is 22.8. The van der Waals surface area contributed by atoms with Crippen LogP contribution in [0.1, 0.15) is 11.3 Å². The number of amides is 3. The second-order valence-corrected chi connectivity index (χ2v) is 7.26. The highest BCUT2D eigenvalue weighted by Crippen LogP contribution is 2.17. The largest absolute Gasteiger partial charge is 0.483 e. The molecule has 2 aromatic carbocycles. The number of nitrogens with one attached hydrogen (secondary N) is 3. The van der Waals surface area contributed by atoms with Gasteiger partial charge in [-0.3, -0.25) is 14.4 Å². The molecular formula is C22H19BrN4O5. The molecule has 0 saturated carbocycles. The zero-order valence-electron chi connectivity index (χ0n) is 16.7. The van der Waals surface area contributed by atoms with Crippen LogP contribution in [-0.2, 0) is 20.9 Å².